The van der Waals surface area contributed by atoms with Gasteiger partial charge in [-0.15, -0.1) is 4.73 Å². The van der Waals surface area contributed by atoms with Crippen molar-refractivity contribution in [2.24, 2.45) is 5.10 Å². The molecule has 31 heavy (non-hydrogen) atoms. The Balaban J connectivity index is 1.47. The lowest BCUT2D eigenvalue weighted by Crippen LogP contribution is -2.35. The summed E-state index contributed by atoms with van der Waals surface area (Å²) in [5, 5.41) is 16.1. The molecule has 0 fully saturated rings. The quantitative estimate of drug-likeness (QED) is 0.337. The van der Waals surface area contributed by atoms with E-state index in [4.69, 9.17) is 4.84 Å². The summed E-state index contributed by atoms with van der Waals surface area (Å²) in [6, 6.07) is 15.8. The van der Waals surface area contributed by atoms with Gasteiger partial charge in [-0.05, 0) is 48.0 Å². The van der Waals surface area contributed by atoms with Gasteiger partial charge < -0.3 is 9.94 Å². The van der Waals surface area contributed by atoms with E-state index in [1.165, 1.54) is 6.21 Å². The summed E-state index contributed by atoms with van der Waals surface area (Å²) in [4.78, 5) is 34.3. The lowest BCUT2D eigenvalue weighted by atomic mass is 10.0. The minimum atomic E-state index is -0.571. The summed E-state index contributed by atoms with van der Waals surface area (Å²) >= 11 is 3.41. The molecule has 0 bridgehead atoms. The molecule has 0 spiro atoms. The van der Waals surface area contributed by atoms with Crippen molar-refractivity contribution in [1.82, 2.24) is 15.1 Å². The average Bonchev–Trinajstić information content (AvgIpc) is 2.75. The standard InChI is InChI=1S/C22H17BrN4O4/c1-13-25-19-5-3-2-4-17(19)22(30)27(13)31-12-21(29)26-24-11-18-16-8-7-15(23)10-14(16)6-9-20(18)28/h2-11,28H,12H2,1H3,(H,26,29). The molecule has 156 valence electrons. The zero-order valence-electron chi connectivity index (χ0n) is 16.4. The highest BCUT2D eigenvalue weighted by Crippen LogP contribution is 2.27. The molecule has 0 saturated heterocycles. The summed E-state index contributed by atoms with van der Waals surface area (Å²) in [6.45, 7) is 1.18. The van der Waals surface area contributed by atoms with Crippen molar-refractivity contribution >= 4 is 49.7 Å². The first-order valence-corrected chi connectivity index (χ1v) is 10.1. The summed E-state index contributed by atoms with van der Waals surface area (Å²) in [6.07, 6.45) is 1.36. The SMILES string of the molecule is Cc1nc2ccccc2c(=O)n1OCC(=O)NN=Cc1c(O)ccc2cc(Br)ccc12. The van der Waals surface area contributed by atoms with Gasteiger partial charge in [0.05, 0.1) is 17.1 Å². The first-order valence-electron chi connectivity index (χ1n) is 9.29. The highest BCUT2D eigenvalue weighted by molar-refractivity contribution is 9.10. The van der Waals surface area contributed by atoms with Crippen molar-refractivity contribution in [3.8, 4) is 5.75 Å². The van der Waals surface area contributed by atoms with E-state index < -0.39 is 18.1 Å². The normalized spacial score (nSPS) is 11.3. The van der Waals surface area contributed by atoms with Crippen LogP contribution in [-0.4, -0.2) is 33.5 Å². The van der Waals surface area contributed by atoms with E-state index in [1.54, 1.807) is 43.3 Å². The molecule has 3 aromatic carbocycles. The van der Waals surface area contributed by atoms with Gasteiger partial charge in [0.25, 0.3) is 11.5 Å². The minimum Gasteiger partial charge on any atom is -0.507 e. The number of nitrogens with zero attached hydrogens (tertiary/aromatic N) is 3. The molecular weight excluding hydrogens is 464 g/mol. The van der Waals surface area contributed by atoms with Crippen LogP contribution in [0.5, 0.6) is 5.75 Å². The molecule has 1 aromatic heterocycles. The molecule has 0 radical (unpaired) electrons. The fraction of sp³-hybridized carbons (Fsp3) is 0.0909. The second-order valence-corrected chi connectivity index (χ2v) is 7.62. The summed E-state index contributed by atoms with van der Waals surface area (Å²) in [5.74, 6) is -0.210. The Labute approximate surface area is 184 Å². The number of carbonyl (C=O) groups excluding carboxylic acids is 1. The molecule has 4 rings (SSSR count). The van der Waals surface area contributed by atoms with Crippen LogP contribution in [0, 0.1) is 6.92 Å². The molecule has 1 heterocycles. The number of benzene rings is 3. The Morgan fingerprint density at radius 3 is 2.87 bits per heavy atom. The van der Waals surface area contributed by atoms with Crippen molar-refractivity contribution in [2.75, 3.05) is 6.61 Å². The molecule has 0 aliphatic carbocycles. The highest BCUT2D eigenvalue weighted by Gasteiger charge is 2.11. The number of aromatic nitrogens is 2. The van der Waals surface area contributed by atoms with Gasteiger partial charge in [0, 0.05) is 10.0 Å². The maximum absolute atomic E-state index is 12.6. The fourth-order valence-corrected chi connectivity index (χ4v) is 3.53. The molecule has 1 amide bonds. The summed E-state index contributed by atoms with van der Waals surface area (Å²) < 4.78 is 1.90. The number of hydrogen-bond donors (Lipinski definition) is 2. The number of rotatable bonds is 5. The molecule has 4 aromatic rings. The second-order valence-electron chi connectivity index (χ2n) is 6.71. The van der Waals surface area contributed by atoms with Crippen LogP contribution in [0.25, 0.3) is 21.7 Å². The van der Waals surface area contributed by atoms with Gasteiger partial charge >= 0.3 is 0 Å². The highest BCUT2D eigenvalue weighted by atomic mass is 79.9. The minimum absolute atomic E-state index is 0.0356. The van der Waals surface area contributed by atoms with Gasteiger partial charge in [-0.2, -0.15) is 5.10 Å². The first-order chi connectivity index (χ1) is 14.9. The van der Waals surface area contributed by atoms with Crippen LogP contribution in [0.15, 0.2) is 69.0 Å². The predicted octanol–water partition coefficient (Wildman–Crippen LogP) is 2.91. The number of phenolic OH excluding ortho intramolecular Hbond substituents is 1. The molecule has 0 aliphatic heterocycles. The fourth-order valence-electron chi connectivity index (χ4n) is 3.15. The van der Waals surface area contributed by atoms with Crippen molar-refractivity contribution < 1.29 is 14.7 Å². The van der Waals surface area contributed by atoms with Crippen molar-refractivity contribution in [1.29, 1.82) is 0 Å². The number of aryl methyl sites for hydroxylation is 1. The van der Waals surface area contributed by atoms with Gasteiger partial charge in [0.2, 0.25) is 0 Å². The third-order valence-corrected chi connectivity index (χ3v) is 5.10. The van der Waals surface area contributed by atoms with Gasteiger partial charge in [-0.1, -0.05) is 40.2 Å². The molecule has 9 heteroatoms. The lowest BCUT2D eigenvalue weighted by molar-refractivity contribution is -0.126. The maximum atomic E-state index is 12.6. The summed E-state index contributed by atoms with van der Waals surface area (Å²) in [5.41, 5.74) is 2.96. The molecule has 0 unspecified atom stereocenters. The molecule has 0 aliphatic rings. The number of amides is 1. The third-order valence-electron chi connectivity index (χ3n) is 4.60. The van der Waals surface area contributed by atoms with E-state index in [9.17, 15) is 14.7 Å². The van der Waals surface area contributed by atoms with E-state index in [2.05, 4.69) is 31.4 Å². The van der Waals surface area contributed by atoms with E-state index in [0.717, 1.165) is 20.0 Å². The molecule has 8 nitrogen and oxygen atoms in total. The topological polar surface area (TPSA) is 106 Å². The number of hydrogen-bond acceptors (Lipinski definition) is 6. The van der Waals surface area contributed by atoms with Crippen LogP contribution < -0.4 is 15.8 Å². The maximum Gasteiger partial charge on any atom is 0.294 e. The number of carbonyl (C=O) groups is 1. The van der Waals surface area contributed by atoms with Crippen LogP contribution >= 0.6 is 15.9 Å². The average molecular weight is 481 g/mol. The Morgan fingerprint density at radius 1 is 1.23 bits per heavy atom. The first kappa shape index (κ1) is 20.5. The zero-order valence-corrected chi connectivity index (χ0v) is 18.0. The molecule has 0 atom stereocenters. The Hall–Kier alpha value is -3.72. The van der Waals surface area contributed by atoms with Crippen LogP contribution in [0.2, 0.25) is 0 Å². The van der Waals surface area contributed by atoms with E-state index in [-0.39, 0.29) is 5.75 Å². The smallest absolute Gasteiger partial charge is 0.294 e. The van der Waals surface area contributed by atoms with Gasteiger partial charge in [-0.3, -0.25) is 9.59 Å². The van der Waals surface area contributed by atoms with Crippen LogP contribution in [0.3, 0.4) is 0 Å². The van der Waals surface area contributed by atoms with Crippen LogP contribution in [0.1, 0.15) is 11.4 Å². The Kier molecular flexibility index (Phi) is 5.68. The van der Waals surface area contributed by atoms with E-state index >= 15 is 0 Å². The zero-order chi connectivity index (χ0) is 22.0. The van der Waals surface area contributed by atoms with Crippen molar-refractivity contribution in [2.45, 2.75) is 6.92 Å². The van der Waals surface area contributed by atoms with Gasteiger partial charge in [0.15, 0.2) is 6.61 Å². The molecule has 2 N–H and O–H groups in total. The number of phenols is 1. The van der Waals surface area contributed by atoms with Crippen LogP contribution in [0.4, 0.5) is 0 Å². The number of halogens is 1. The van der Waals surface area contributed by atoms with Gasteiger partial charge in [-0.25, -0.2) is 10.4 Å². The molecule has 0 saturated carbocycles. The Morgan fingerprint density at radius 2 is 2.03 bits per heavy atom. The molecular formula is C22H17BrN4O4. The van der Waals surface area contributed by atoms with Gasteiger partial charge in [0.1, 0.15) is 11.6 Å². The number of hydrazone groups is 1. The largest absolute Gasteiger partial charge is 0.507 e. The third kappa shape index (κ3) is 4.26. The predicted molar refractivity (Wildman–Crippen MR) is 121 cm³/mol. The number of para-hydroxylation sites is 1. The second kappa shape index (κ2) is 8.57. The van der Waals surface area contributed by atoms with Crippen LogP contribution in [-0.2, 0) is 4.79 Å². The van der Waals surface area contributed by atoms with Crippen molar-refractivity contribution in [3.05, 3.63) is 80.8 Å². The number of aromatic hydroxyl groups is 1. The number of nitrogens with one attached hydrogen (secondary N) is 1. The number of fused-ring (bicyclic) bond motifs is 2. The van der Waals surface area contributed by atoms with E-state index in [0.29, 0.717) is 22.3 Å². The summed E-state index contributed by atoms with van der Waals surface area (Å²) in [7, 11) is 0. The van der Waals surface area contributed by atoms with E-state index in [1.807, 2.05) is 18.2 Å². The Bertz CT molecular complexity index is 1400. The van der Waals surface area contributed by atoms with Crippen molar-refractivity contribution in [3.63, 3.8) is 0 Å². The monoisotopic (exact) mass is 480 g/mol. The lowest BCUT2D eigenvalue weighted by Gasteiger charge is -2.11.